The molecule has 0 fully saturated rings. The third-order valence-corrected chi connectivity index (χ3v) is 12.6. The number of imidazole rings is 1. The molecule has 66 heavy (non-hydrogen) atoms. The molecule has 2 aromatic heterocycles. The molecule has 0 saturated carbocycles. The number of aromatic hydroxyl groups is 1. The molecule has 7 aromatic carbocycles. The van der Waals surface area contributed by atoms with Gasteiger partial charge in [0, 0.05) is 44.1 Å². The van der Waals surface area contributed by atoms with E-state index in [9.17, 15) is 5.11 Å². The molecule has 0 spiro atoms. The number of benzene rings is 7. The third-order valence-electron chi connectivity index (χ3n) is 12.6. The number of hydrogen-bond acceptors (Lipinski definition) is 3. The van der Waals surface area contributed by atoms with E-state index in [4.69, 9.17) is 9.97 Å². The van der Waals surface area contributed by atoms with Crippen LogP contribution in [0.4, 0.5) is 0 Å². The van der Waals surface area contributed by atoms with Crippen molar-refractivity contribution in [2.24, 2.45) is 0 Å². The fraction of sp³-hybridized carbons (Fsp3) is 0.213. The minimum Gasteiger partial charge on any atom is -0.507 e. The molecule has 0 aliphatic rings. The standard InChI is InChI=1S/C61H58N3O.Pt/c1-39-24-29-54(50(32-39)43-20-15-12-16-21-43)64-55-23-17-22-49(56(55)63-58(64)51-37-48(60(5,6)7)38-52(57(51)65)61(8,9)10)45-33-46(35-47(34-45)59(2,3)4)53-36-44(30-31-62-53)42-27-25-41(26-28-42)40-18-13-11-14-19-40;/h11-32,34-38,65H,1-10H3;/q-1;. The number of phenolic OH excluding ortho intramolecular Hbond substituents is 1. The summed E-state index contributed by atoms with van der Waals surface area (Å²) in [5.41, 5.74) is 17.6. The van der Waals surface area contributed by atoms with Crippen LogP contribution in [-0.4, -0.2) is 19.6 Å². The Balaban J connectivity index is 0.00000592. The minimum atomic E-state index is -0.323. The van der Waals surface area contributed by atoms with Crippen molar-refractivity contribution in [2.45, 2.75) is 85.5 Å². The van der Waals surface area contributed by atoms with E-state index in [1.54, 1.807) is 0 Å². The van der Waals surface area contributed by atoms with E-state index in [-0.39, 0.29) is 43.1 Å². The molecule has 0 amide bonds. The van der Waals surface area contributed by atoms with Gasteiger partial charge in [-0.1, -0.05) is 194 Å². The van der Waals surface area contributed by atoms with Crippen LogP contribution in [0.5, 0.6) is 5.75 Å². The quantitative estimate of drug-likeness (QED) is 0.162. The number of aryl methyl sites for hydroxylation is 1. The van der Waals surface area contributed by atoms with E-state index in [1.165, 1.54) is 16.7 Å². The first-order chi connectivity index (χ1) is 30.9. The second-order valence-corrected chi connectivity index (χ2v) is 20.6. The predicted octanol–water partition coefficient (Wildman–Crippen LogP) is 16.1. The molecule has 9 aromatic rings. The minimum absolute atomic E-state index is 0. The number of hydrogen-bond donors (Lipinski definition) is 1. The first-order valence-electron chi connectivity index (χ1n) is 22.7. The maximum absolute atomic E-state index is 12.5. The second-order valence-electron chi connectivity index (χ2n) is 20.6. The first kappa shape index (κ1) is 46.2. The molecular weight excluding hydrogens is 986 g/mol. The summed E-state index contributed by atoms with van der Waals surface area (Å²) >= 11 is 0. The van der Waals surface area contributed by atoms with Crippen molar-refractivity contribution in [3.63, 3.8) is 0 Å². The van der Waals surface area contributed by atoms with Crippen LogP contribution in [0.1, 0.15) is 84.6 Å². The van der Waals surface area contributed by atoms with E-state index in [2.05, 4.69) is 232 Å². The summed E-state index contributed by atoms with van der Waals surface area (Å²) in [6.07, 6.45) is 1.90. The maximum atomic E-state index is 12.5. The van der Waals surface area contributed by atoms with Gasteiger partial charge in [-0.05, 0) is 86.9 Å². The normalized spacial score (nSPS) is 12.0. The fourth-order valence-corrected chi connectivity index (χ4v) is 8.77. The van der Waals surface area contributed by atoms with Crippen LogP contribution in [0.25, 0.3) is 83.9 Å². The van der Waals surface area contributed by atoms with Gasteiger partial charge in [0.05, 0.1) is 22.3 Å². The third kappa shape index (κ3) is 9.09. The molecule has 0 unspecified atom stereocenters. The molecule has 2 heterocycles. The molecule has 0 saturated heterocycles. The number of aromatic nitrogens is 3. The number of rotatable bonds is 7. The van der Waals surface area contributed by atoms with Gasteiger partial charge in [-0.3, -0.25) is 9.55 Å². The van der Waals surface area contributed by atoms with Crippen molar-refractivity contribution in [1.82, 2.24) is 14.5 Å². The van der Waals surface area contributed by atoms with Gasteiger partial charge < -0.3 is 5.11 Å². The van der Waals surface area contributed by atoms with Crippen LogP contribution in [0.3, 0.4) is 0 Å². The SMILES string of the molecule is Cc1ccc(-n2c(-c3cc(C(C)(C)C)cc(C(C)(C)C)c3O)nc3c(-c4[c-]c(-c5cc(-c6ccc(-c7ccccc7)cc6)ccn5)cc(C(C)(C)C)c4)cccc32)c(-c2ccccc2)c1.[Pt]. The van der Waals surface area contributed by atoms with Gasteiger partial charge in [-0.15, -0.1) is 29.3 Å². The predicted molar refractivity (Wildman–Crippen MR) is 273 cm³/mol. The van der Waals surface area contributed by atoms with Gasteiger partial charge in [0.2, 0.25) is 0 Å². The van der Waals surface area contributed by atoms with Gasteiger partial charge in [-0.2, -0.15) is 0 Å². The fourth-order valence-electron chi connectivity index (χ4n) is 8.77. The van der Waals surface area contributed by atoms with Gasteiger partial charge in [0.15, 0.2) is 0 Å². The Morgan fingerprint density at radius 1 is 0.500 bits per heavy atom. The Hall–Kier alpha value is -6.35. The largest absolute Gasteiger partial charge is 0.507 e. The Bertz CT molecular complexity index is 3200. The topological polar surface area (TPSA) is 50.9 Å². The van der Waals surface area contributed by atoms with Crippen molar-refractivity contribution in [3.8, 4) is 78.6 Å². The van der Waals surface area contributed by atoms with Crippen molar-refractivity contribution in [2.75, 3.05) is 0 Å². The van der Waals surface area contributed by atoms with E-state index < -0.39 is 0 Å². The number of phenols is 1. The molecule has 5 heteroatoms. The van der Waals surface area contributed by atoms with E-state index in [0.717, 1.165) is 78.0 Å². The van der Waals surface area contributed by atoms with Gasteiger partial charge in [-0.25, -0.2) is 4.98 Å². The monoisotopic (exact) mass is 1040 g/mol. The van der Waals surface area contributed by atoms with Crippen LogP contribution in [-0.2, 0) is 37.3 Å². The summed E-state index contributed by atoms with van der Waals surface area (Å²) in [4.78, 5) is 10.6. The smallest absolute Gasteiger partial charge is 0.148 e. The number of para-hydroxylation sites is 1. The Morgan fingerprint density at radius 3 is 1.73 bits per heavy atom. The summed E-state index contributed by atoms with van der Waals surface area (Å²) in [7, 11) is 0. The summed E-state index contributed by atoms with van der Waals surface area (Å²) in [6.45, 7) is 22.1. The van der Waals surface area contributed by atoms with Crippen LogP contribution in [0.15, 0.2) is 164 Å². The van der Waals surface area contributed by atoms with Crippen molar-refractivity contribution in [1.29, 1.82) is 0 Å². The summed E-state index contributed by atoms with van der Waals surface area (Å²) < 4.78 is 2.26. The van der Waals surface area contributed by atoms with Crippen molar-refractivity contribution in [3.05, 3.63) is 192 Å². The average molecular weight is 1040 g/mol. The average Bonchev–Trinajstić information content (AvgIpc) is 3.68. The molecule has 0 aliphatic carbocycles. The Morgan fingerprint density at radius 2 is 1.09 bits per heavy atom. The van der Waals surface area contributed by atoms with Gasteiger partial charge in [0.25, 0.3) is 0 Å². The van der Waals surface area contributed by atoms with Crippen molar-refractivity contribution >= 4 is 11.0 Å². The number of pyridine rings is 1. The van der Waals surface area contributed by atoms with E-state index in [1.807, 2.05) is 12.3 Å². The number of nitrogens with zero attached hydrogens (tertiary/aromatic N) is 3. The number of fused-ring (bicyclic) bond motifs is 1. The van der Waals surface area contributed by atoms with Crippen LogP contribution in [0, 0.1) is 13.0 Å². The summed E-state index contributed by atoms with van der Waals surface area (Å²) in [6, 6.07) is 59.8. The van der Waals surface area contributed by atoms with Gasteiger partial charge >= 0.3 is 0 Å². The molecule has 9 rings (SSSR count). The van der Waals surface area contributed by atoms with E-state index in [0.29, 0.717) is 11.4 Å². The summed E-state index contributed by atoms with van der Waals surface area (Å²) in [5.74, 6) is 0.934. The molecule has 4 nitrogen and oxygen atoms in total. The van der Waals surface area contributed by atoms with Crippen LogP contribution >= 0.6 is 0 Å². The second kappa shape index (κ2) is 17.8. The zero-order valence-electron chi connectivity index (χ0n) is 39.7. The van der Waals surface area contributed by atoms with E-state index >= 15 is 0 Å². The Labute approximate surface area is 405 Å². The molecule has 1 N–H and O–H groups in total. The maximum Gasteiger partial charge on any atom is 0.148 e. The molecule has 0 radical (unpaired) electrons. The molecular formula is C61H58N3OPt-. The Kier molecular flexibility index (Phi) is 12.5. The van der Waals surface area contributed by atoms with Crippen LogP contribution in [0.2, 0.25) is 0 Å². The zero-order chi connectivity index (χ0) is 45.8. The molecule has 0 atom stereocenters. The van der Waals surface area contributed by atoms with Crippen LogP contribution < -0.4 is 0 Å². The summed E-state index contributed by atoms with van der Waals surface area (Å²) in [5, 5.41) is 12.5. The van der Waals surface area contributed by atoms with Gasteiger partial charge in [0.1, 0.15) is 11.6 Å². The first-order valence-corrected chi connectivity index (χ1v) is 22.7. The zero-order valence-corrected chi connectivity index (χ0v) is 42.0. The molecule has 0 bridgehead atoms. The molecule has 0 aliphatic heterocycles. The molecule has 334 valence electrons. The van der Waals surface area contributed by atoms with Crippen molar-refractivity contribution < 1.29 is 26.2 Å².